The molecule has 1 aliphatic heterocycles. The number of nitrogens with one attached hydrogen (secondary N) is 2. The molecule has 1 heterocycles. The first-order chi connectivity index (χ1) is 17.5. The van der Waals surface area contributed by atoms with Gasteiger partial charge in [-0.2, -0.15) is 0 Å². The van der Waals surface area contributed by atoms with Gasteiger partial charge in [-0.05, 0) is 36.5 Å². The normalized spacial score (nSPS) is 16.6. The van der Waals surface area contributed by atoms with Gasteiger partial charge in [-0.25, -0.2) is 18.0 Å². The van der Waals surface area contributed by atoms with Gasteiger partial charge in [0.1, 0.15) is 17.9 Å². The number of rotatable bonds is 10. The van der Waals surface area contributed by atoms with Crippen LogP contribution < -0.4 is 16.4 Å². The van der Waals surface area contributed by atoms with Crippen molar-refractivity contribution >= 4 is 23.8 Å². The molecule has 1 aliphatic rings. The van der Waals surface area contributed by atoms with E-state index in [0.29, 0.717) is 30.5 Å². The Morgan fingerprint density at radius 3 is 2.32 bits per heavy atom. The molecule has 0 bridgehead atoms. The van der Waals surface area contributed by atoms with Crippen LogP contribution in [0.3, 0.4) is 0 Å². The molecule has 5 N–H and O–H groups in total. The number of benzene rings is 2. The van der Waals surface area contributed by atoms with Gasteiger partial charge in [-0.15, -0.1) is 0 Å². The van der Waals surface area contributed by atoms with Crippen molar-refractivity contribution in [3.05, 3.63) is 71.0 Å². The largest absolute Gasteiger partial charge is 0.465 e. The zero-order valence-electron chi connectivity index (χ0n) is 19.8. The topological polar surface area (TPSA) is 142 Å². The van der Waals surface area contributed by atoms with Gasteiger partial charge < -0.3 is 26.4 Å². The summed E-state index contributed by atoms with van der Waals surface area (Å²) < 4.78 is 41.6. The fraction of sp³-hybridized carbons (Fsp3) is 0.360. The Kier molecular flexibility index (Phi) is 9.10. The number of likely N-dealkylation sites (tertiary alicyclic amines) is 1. The van der Waals surface area contributed by atoms with Crippen molar-refractivity contribution in [2.75, 3.05) is 6.54 Å². The predicted octanol–water partition coefficient (Wildman–Crippen LogP) is 1.88. The molecule has 1 saturated heterocycles. The van der Waals surface area contributed by atoms with Gasteiger partial charge in [-0.1, -0.05) is 30.3 Å². The molecule has 2 aromatic rings. The van der Waals surface area contributed by atoms with Crippen molar-refractivity contribution in [3.63, 3.8) is 0 Å². The van der Waals surface area contributed by atoms with E-state index in [1.165, 1.54) is 4.90 Å². The Morgan fingerprint density at radius 2 is 1.68 bits per heavy atom. The summed E-state index contributed by atoms with van der Waals surface area (Å²) in [4.78, 5) is 50.4. The number of carbonyl (C=O) groups excluding carboxylic acids is 3. The molecule has 9 nitrogen and oxygen atoms in total. The van der Waals surface area contributed by atoms with Crippen molar-refractivity contribution < 1.29 is 37.5 Å². The summed E-state index contributed by atoms with van der Waals surface area (Å²) in [7, 11) is 0. The molecule has 1 fully saturated rings. The smallest absolute Gasteiger partial charge is 0.405 e. The Bertz CT molecular complexity index is 1160. The summed E-state index contributed by atoms with van der Waals surface area (Å²) in [5, 5.41) is 13.9. The van der Waals surface area contributed by atoms with Gasteiger partial charge in [0, 0.05) is 31.5 Å². The number of carbonyl (C=O) groups is 4. The molecule has 0 spiro atoms. The number of halogens is 3. The molecule has 37 heavy (non-hydrogen) atoms. The van der Waals surface area contributed by atoms with Crippen LogP contribution in [0.15, 0.2) is 42.5 Å². The van der Waals surface area contributed by atoms with Crippen molar-refractivity contribution in [2.45, 2.75) is 50.2 Å². The molecule has 198 valence electrons. The molecule has 3 unspecified atom stereocenters. The average molecular weight is 521 g/mol. The first-order valence-electron chi connectivity index (χ1n) is 11.6. The van der Waals surface area contributed by atoms with Crippen LogP contribution in [0.5, 0.6) is 0 Å². The maximum atomic E-state index is 14.4. The van der Waals surface area contributed by atoms with E-state index in [4.69, 9.17) is 5.73 Å². The van der Waals surface area contributed by atoms with Crippen LogP contribution in [0, 0.1) is 17.5 Å². The summed E-state index contributed by atoms with van der Waals surface area (Å²) >= 11 is 0. The van der Waals surface area contributed by atoms with Crippen LogP contribution in [-0.2, 0) is 27.2 Å². The molecule has 3 atom stereocenters. The fourth-order valence-electron chi connectivity index (χ4n) is 4.36. The minimum absolute atomic E-state index is 0.0188. The highest BCUT2D eigenvalue weighted by atomic mass is 19.2. The molecule has 0 aromatic heterocycles. The zero-order valence-corrected chi connectivity index (χ0v) is 19.8. The first-order valence-corrected chi connectivity index (χ1v) is 11.6. The maximum Gasteiger partial charge on any atom is 0.405 e. The monoisotopic (exact) mass is 520 g/mol. The van der Waals surface area contributed by atoms with Crippen LogP contribution >= 0.6 is 0 Å². The molecule has 4 amide bonds. The number of hydrogen-bond donors (Lipinski definition) is 4. The van der Waals surface area contributed by atoms with Gasteiger partial charge in [0.25, 0.3) is 0 Å². The van der Waals surface area contributed by atoms with E-state index in [-0.39, 0.29) is 18.5 Å². The third-order valence-corrected chi connectivity index (χ3v) is 6.12. The average Bonchev–Trinajstić information content (AvgIpc) is 3.33. The number of hydrogen-bond acceptors (Lipinski definition) is 4. The molecule has 2 aromatic carbocycles. The summed E-state index contributed by atoms with van der Waals surface area (Å²) in [6.07, 6.45) is -1.39. The summed E-state index contributed by atoms with van der Waals surface area (Å²) in [6, 6.07) is 6.32. The van der Waals surface area contributed by atoms with E-state index in [1.807, 2.05) is 0 Å². The second-order valence-corrected chi connectivity index (χ2v) is 8.81. The van der Waals surface area contributed by atoms with Crippen LogP contribution in [0.4, 0.5) is 18.0 Å². The van der Waals surface area contributed by atoms with Crippen molar-refractivity contribution in [1.29, 1.82) is 0 Å². The van der Waals surface area contributed by atoms with Crippen molar-refractivity contribution in [3.8, 4) is 0 Å². The number of carboxylic acid groups (broad SMARTS) is 1. The van der Waals surface area contributed by atoms with Gasteiger partial charge in [0.15, 0.2) is 11.6 Å². The van der Waals surface area contributed by atoms with Crippen LogP contribution in [0.2, 0.25) is 0 Å². The minimum Gasteiger partial charge on any atom is -0.465 e. The van der Waals surface area contributed by atoms with E-state index >= 15 is 0 Å². The minimum atomic E-state index is -1.46. The van der Waals surface area contributed by atoms with Crippen LogP contribution in [0.25, 0.3) is 0 Å². The Labute approximate surface area is 210 Å². The highest BCUT2D eigenvalue weighted by Crippen LogP contribution is 2.21. The van der Waals surface area contributed by atoms with Crippen molar-refractivity contribution in [1.82, 2.24) is 15.5 Å². The predicted molar refractivity (Wildman–Crippen MR) is 126 cm³/mol. The lowest BCUT2D eigenvalue weighted by Crippen LogP contribution is -2.52. The van der Waals surface area contributed by atoms with E-state index in [2.05, 4.69) is 10.6 Å². The Morgan fingerprint density at radius 1 is 1.00 bits per heavy atom. The van der Waals surface area contributed by atoms with E-state index in [1.54, 1.807) is 30.3 Å². The molecule has 0 radical (unpaired) electrons. The number of nitrogens with two attached hydrogens (primary N) is 1. The SMILES string of the molecule is NC(=O)C1CCCN1C(=O)CC(Cc1cc(F)c(F)cc1F)NC(=O)C(Cc1ccccc1)NC(=O)O. The standard InChI is InChI=1S/C25H27F3N4O5/c26-17-13-19(28)18(27)11-15(17)10-16(12-22(33)32-8-4-7-21(32)23(29)34)30-24(35)20(31-25(36)37)9-14-5-2-1-3-6-14/h1-3,5-6,11,13,16,20-21,31H,4,7-10,12H2,(H2,29,34)(H,30,35)(H,36,37). The first kappa shape index (κ1) is 27.5. The van der Waals surface area contributed by atoms with Crippen molar-refractivity contribution in [2.24, 2.45) is 5.73 Å². The van der Waals surface area contributed by atoms with Crippen LogP contribution in [-0.4, -0.2) is 58.5 Å². The molecule has 12 heteroatoms. The molecule has 3 rings (SSSR count). The lowest BCUT2D eigenvalue weighted by atomic mass is 9.99. The number of amides is 4. The zero-order chi connectivity index (χ0) is 27.1. The number of nitrogens with zero attached hydrogens (tertiary/aromatic N) is 1. The second-order valence-electron chi connectivity index (χ2n) is 8.81. The maximum absolute atomic E-state index is 14.4. The fourth-order valence-corrected chi connectivity index (χ4v) is 4.36. The second kappa shape index (κ2) is 12.2. The quantitative estimate of drug-likeness (QED) is 0.354. The highest BCUT2D eigenvalue weighted by molar-refractivity contribution is 5.89. The van der Waals surface area contributed by atoms with E-state index < -0.39 is 72.2 Å². The molecular weight excluding hydrogens is 493 g/mol. The Balaban J connectivity index is 1.84. The lowest BCUT2D eigenvalue weighted by Gasteiger charge is -2.27. The highest BCUT2D eigenvalue weighted by Gasteiger charge is 2.34. The third kappa shape index (κ3) is 7.45. The third-order valence-electron chi connectivity index (χ3n) is 6.12. The molecular formula is C25H27F3N4O5. The van der Waals surface area contributed by atoms with Gasteiger partial charge >= 0.3 is 6.09 Å². The summed E-state index contributed by atoms with van der Waals surface area (Å²) in [6.45, 7) is 0.254. The molecule has 0 aliphatic carbocycles. The van der Waals surface area contributed by atoms with Gasteiger partial charge in [0.2, 0.25) is 17.7 Å². The molecule has 0 saturated carbocycles. The lowest BCUT2D eigenvalue weighted by molar-refractivity contribution is -0.138. The summed E-state index contributed by atoms with van der Waals surface area (Å²) in [5.74, 6) is -5.83. The van der Waals surface area contributed by atoms with E-state index in [0.717, 1.165) is 0 Å². The van der Waals surface area contributed by atoms with Crippen LogP contribution in [0.1, 0.15) is 30.4 Å². The Hall–Kier alpha value is -4.09. The van der Waals surface area contributed by atoms with E-state index in [9.17, 15) is 37.5 Å². The van der Waals surface area contributed by atoms with Gasteiger partial charge in [0.05, 0.1) is 0 Å². The number of primary amides is 1. The van der Waals surface area contributed by atoms with Gasteiger partial charge in [-0.3, -0.25) is 14.4 Å². The summed E-state index contributed by atoms with van der Waals surface area (Å²) in [5.41, 5.74) is 5.73.